The molecule has 0 unspecified atom stereocenters. The molecule has 0 aliphatic heterocycles. The monoisotopic (exact) mass is 387 g/mol. The molecule has 1 aromatic heterocycles. The Kier molecular flexibility index (Phi) is 6.33. The number of ether oxygens (including phenoxy) is 1. The summed E-state index contributed by atoms with van der Waals surface area (Å²) in [4.78, 5) is 28.5. The number of aromatic nitrogens is 1. The van der Waals surface area contributed by atoms with Crippen molar-refractivity contribution in [3.8, 4) is 5.88 Å². The molecule has 2 amide bonds. The number of hydrogen-bond acceptors (Lipinski definition) is 4. The average Bonchev–Trinajstić information content (AvgIpc) is 3.47. The number of alkyl halides is 3. The van der Waals surface area contributed by atoms with Crippen molar-refractivity contribution < 1.29 is 27.5 Å². The second kappa shape index (κ2) is 8.14. The summed E-state index contributed by atoms with van der Waals surface area (Å²) in [6.07, 6.45) is -2.19. The van der Waals surface area contributed by atoms with E-state index in [4.69, 9.17) is 4.74 Å². The Morgan fingerprint density at radius 3 is 2.33 bits per heavy atom. The maximum Gasteiger partial charge on any atom is 0.421 e. The summed E-state index contributed by atoms with van der Waals surface area (Å²) in [7, 11) is 1.45. The van der Waals surface area contributed by atoms with Gasteiger partial charge in [0.1, 0.15) is 16.8 Å². The molecule has 1 aliphatic rings. The molecule has 1 fully saturated rings. The average molecular weight is 387 g/mol. The molecule has 0 saturated heterocycles. The number of likely N-dealkylation sites (N-methyl/N-ethyl adjacent to an activating group) is 1. The van der Waals surface area contributed by atoms with E-state index in [1.165, 1.54) is 7.05 Å². The highest BCUT2D eigenvalue weighted by Gasteiger charge is 2.38. The number of carbonyl (C=O) groups excluding carboxylic acids is 2. The highest BCUT2D eigenvalue weighted by Crippen LogP contribution is 2.37. The number of nitrogens with one attached hydrogen (secondary N) is 2. The lowest BCUT2D eigenvalue weighted by molar-refractivity contribution is -0.139. The van der Waals surface area contributed by atoms with E-state index >= 15 is 0 Å². The molecule has 1 saturated carbocycles. The number of amides is 2. The first-order valence-corrected chi connectivity index (χ1v) is 8.92. The van der Waals surface area contributed by atoms with E-state index < -0.39 is 29.1 Å². The summed E-state index contributed by atoms with van der Waals surface area (Å²) in [5.74, 6) is -1.49. The summed E-state index contributed by atoms with van der Waals surface area (Å²) in [6.45, 7) is 3.61. The second-order valence-electron chi connectivity index (χ2n) is 6.62. The summed E-state index contributed by atoms with van der Waals surface area (Å²) < 4.78 is 44.8. The SMILES string of the molecule is CCC(CC)(NC(=O)c1ccc(C(F)(F)F)c(OCC2CC2)n1)C(=O)NC. The molecule has 2 rings (SSSR count). The molecule has 0 radical (unpaired) electrons. The third-order valence-electron chi connectivity index (χ3n) is 4.77. The number of pyridine rings is 1. The van der Waals surface area contributed by atoms with E-state index in [-0.39, 0.29) is 24.1 Å². The Hall–Kier alpha value is -2.32. The lowest BCUT2D eigenvalue weighted by Crippen LogP contribution is -2.57. The zero-order chi connectivity index (χ0) is 20.2. The lowest BCUT2D eigenvalue weighted by atomic mass is 9.91. The van der Waals surface area contributed by atoms with Gasteiger partial charge in [-0.3, -0.25) is 9.59 Å². The Morgan fingerprint density at radius 1 is 1.22 bits per heavy atom. The van der Waals surface area contributed by atoms with Crippen LogP contribution in [0.2, 0.25) is 0 Å². The van der Waals surface area contributed by atoms with Crippen LogP contribution >= 0.6 is 0 Å². The summed E-state index contributed by atoms with van der Waals surface area (Å²) in [6, 6.07) is 1.77. The van der Waals surface area contributed by atoms with E-state index in [1.807, 2.05) is 0 Å². The van der Waals surface area contributed by atoms with Crippen molar-refractivity contribution in [3.63, 3.8) is 0 Å². The third kappa shape index (κ3) is 4.90. The van der Waals surface area contributed by atoms with Crippen LogP contribution in [0.25, 0.3) is 0 Å². The lowest BCUT2D eigenvalue weighted by Gasteiger charge is -2.30. The highest BCUT2D eigenvalue weighted by atomic mass is 19.4. The van der Waals surface area contributed by atoms with Crippen LogP contribution in [0, 0.1) is 5.92 Å². The van der Waals surface area contributed by atoms with Crippen LogP contribution in [0.1, 0.15) is 55.6 Å². The molecule has 9 heteroatoms. The van der Waals surface area contributed by atoms with Gasteiger partial charge in [-0.05, 0) is 43.7 Å². The van der Waals surface area contributed by atoms with Crippen molar-refractivity contribution >= 4 is 11.8 Å². The van der Waals surface area contributed by atoms with Crippen LogP contribution in [-0.2, 0) is 11.0 Å². The number of carbonyl (C=O) groups is 2. The van der Waals surface area contributed by atoms with E-state index in [9.17, 15) is 22.8 Å². The van der Waals surface area contributed by atoms with E-state index in [0.29, 0.717) is 12.8 Å². The quantitative estimate of drug-likeness (QED) is 0.719. The molecule has 1 aliphatic carbocycles. The predicted molar refractivity (Wildman–Crippen MR) is 92.3 cm³/mol. The Balaban J connectivity index is 2.29. The summed E-state index contributed by atoms with van der Waals surface area (Å²) >= 11 is 0. The second-order valence-corrected chi connectivity index (χ2v) is 6.62. The minimum Gasteiger partial charge on any atom is -0.477 e. The van der Waals surface area contributed by atoms with Gasteiger partial charge >= 0.3 is 6.18 Å². The Bertz CT molecular complexity index is 699. The van der Waals surface area contributed by atoms with Gasteiger partial charge in [-0.25, -0.2) is 4.98 Å². The highest BCUT2D eigenvalue weighted by molar-refractivity contribution is 5.98. The third-order valence-corrected chi connectivity index (χ3v) is 4.77. The zero-order valence-electron chi connectivity index (χ0n) is 15.6. The molecule has 0 aromatic carbocycles. The molecule has 2 N–H and O–H groups in total. The van der Waals surface area contributed by atoms with Gasteiger partial charge in [0.2, 0.25) is 11.8 Å². The van der Waals surface area contributed by atoms with Crippen LogP contribution in [-0.4, -0.2) is 36.0 Å². The van der Waals surface area contributed by atoms with Crippen molar-refractivity contribution in [3.05, 3.63) is 23.4 Å². The standard InChI is InChI=1S/C18H24F3N3O3/c1-4-17(5-2,16(26)22-3)24-14(25)13-9-8-12(18(19,20)21)15(23-13)27-10-11-6-7-11/h8-9,11H,4-7,10H2,1-3H3,(H,22,26)(H,24,25). The maximum absolute atomic E-state index is 13.2. The number of rotatable bonds is 8. The predicted octanol–water partition coefficient (Wildman–Crippen LogP) is 2.92. The zero-order valence-corrected chi connectivity index (χ0v) is 15.6. The summed E-state index contributed by atoms with van der Waals surface area (Å²) in [5, 5.41) is 5.11. The van der Waals surface area contributed by atoms with E-state index in [0.717, 1.165) is 25.0 Å². The van der Waals surface area contributed by atoms with E-state index in [1.54, 1.807) is 13.8 Å². The van der Waals surface area contributed by atoms with Gasteiger partial charge < -0.3 is 15.4 Å². The van der Waals surface area contributed by atoms with Gasteiger partial charge in [0.25, 0.3) is 5.91 Å². The fourth-order valence-corrected chi connectivity index (χ4v) is 2.70. The molecule has 0 spiro atoms. The van der Waals surface area contributed by atoms with Crippen molar-refractivity contribution in [2.24, 2.45) is 5.92 Å². The van der Waals surface area contributed by atoms with Gasteiger partial charge in [-0.2, -0.15) is 13.2 Å². The van der Waals surface area contributed by atoms with Crippen molar-refractivity contribution in [1.29, 1.82) is 0 Å². The fraction of sp³-hybridized carbons (Fsp3) is 0.611. The van der Waals surface area contributed by atoms with Crippen LogP contribution in [0.5, 0.6) is 5.88 Å². The normalized spacial score (nSPS) is 14.6. The van der Waals surface area contributed by atoms with Gasteiger partial charge in [-0.15, -0.1) is 0 Å². The molecule has 0 atom stereocenters. The molecule has 1 aromatic rings. The molecule has 27 heavy (non-hydrogen) atoms. The van der Waals surface area contributed by atoms with E-state index in [2.05, 4.69) is 15.6 Å². The van der Waals surface area contributed by atoms with Gasteiger partial charge in [0.05, 0.1) is 6.61 Å². The first kappa shape index (κ1) is 21.0. The van der Waals surface area contributed by atoms with Crippen LogP contribution in [0.15, 0.2) is 12.1 Å². The largest absolute Gasteiger partial charge is 0.477 e. The van der Waals surface area contributed by atoms with Crippen LogP contribution < -0.4 is 15.4 Å². The molecule has 6 nitrogen and oxygen atoms in total. The smallest absolute Gasteiger partial charge is 0.421 e. The maximum atomic E-state index is 13.2. The molecule has 0 bridgehead atoms. The minimum atomic E-state index is -4.64. The number of halogens is 3. The fourth-order valence-electron chi connectivity index (χ4n) is 2.70. The number of hydrogen-bond donors (Lipinski definition) is 2. The van der Waals surface area contributed by atoms with Gasteiger partial charge in [0, 0.05) is 7.05 Å². The molecular weight excluding hydrogens is 363 g/mol. The molecule has 150 valence electrons. The topological polar surface area (TPSA) is 80.3 Å². The summed E-state index contributed by atoms with van der Waals surface area (Å²) in [5.41, 5.74) is -2.42. The van der Waals surface area contributed by atoms with Crippen molar-refractivity contribution in [2.45, 2.75) is 51.2 Å². The van der Waals surface area contributed by atoms with Gasteiger partial charge in [-0.1, -0.05) is 13.8 Å². The molecule has 1 heterocycles. The Labute approximate surface area is 155 Å². The number of nitrogens with zero attached hydrogens (tertiary/aromatic N) is 1. The van der Waals surface area contributed by atoms with Crippen LogP contribution in [0.3, 0.4) is 0 Å². The van der Waals surface area contributed by atoms with Crippen molar-refractivity contribution in [1.82, 2.24) is 15.6 Å². The first-order valence-electron chi connectivity index (χ1n) is 8.92. The van der Waals surface area contributed by atoms with Crippen molar-refractivity contribution in [2.75, 3.05) is 13.7 Å². The Morgan fingerprint density at radius 2 is 1.85 bits per heavy atom. The molecular formula is C18H24F3N3O3. The first-order chi connectivity index (χ1) is 12.7. The van der Waals surface area contributed by atoms with Crippen LogP contribution in [0.4, 0.5) is 13.2 Å². The minimum absolute atomic E-state index is 0.132. The van der Waals surface area contributed by atoms with Gasteiger partial charge in [0.15, 0.2) is 0 Å².